The number of sulfonamides is 1. The van der Waals surface area contributed by atoms with Crippen molar-refractivity contribution in [1.29, 1.82) is 0 Å². The summed E-state index contributed by atoms with van der Waals surface area (Å²) >= 11 is 5.89. The maximum Gasteiger partial charge on any atom is 0.257 e. The quantitative estimate of drug-likeness (QED) is 0.565. The van der Waals surface area contributed by atoms with Crippen LogP contribution in [0.25, 0.3) is 10.9 Å². The van der Waals surface area contributed by atoms with Gasteiger partial charge in [-0.05, 0) is 49.2 Å². The highest BCUT2D eigenvalue weighted by molar-refractivity contribution is 7.89. The Morgan fingerprint density at radius 3 is 2.24 bits per heavy atom. The number of carbonyl (C=O) groups excluding carboxylic acids is 1. The SMILES string of the molecule is O=C(c1cc2ccccc2nc1N1CCCC1)N1CCN(S(=O)(=O)c2ccc(Cl)cc2)CC1. The first-order chi connectivity index (χ1) is 15.9. The molecular formula is C24H25ClN4O3S. The van der Waals surface area contributed by atoms with Gasteiger partial charge in [-0.2, -0.15) is 4.31 Å². The Bertz CT molecular complexity index is 1280. The molecule has 172 valence electrons. The summed E-state index contributed by atoms with van der Waals surface area (Å²) in [5.41, 5.74) is 1.46. The fourth-order valence-electron chi connectivity index (χ4n) is 4.49. The second-order valence-corrected chi connectivity index (χ2v) is 10.8. The Balaban J connectivity index is 1.38. The zero-order chi connectivity index (χ0) is 23.0. The summed E-state index contributed by atoms with van der Waals surface area (Å²) in [4.78, 5) is 22.5. The minimum atomic E-state index is -3.63. The van der Waals surface area contributed by atoms with E-state index in [-0.39, 0.29) is 23.9 Å². The van der Waals surface area contributed by atoms with E-state index in [2.05, 4.69) is 4.90 Å². The first-order valence-electron chi connectivity index (χ1n) is 11.1. The summed E-state index contributed by atoms with van der Waals surface area (Å²) in [5, 5.41) is 1.41. The van der Waals surface area contributed by atoms with E-state index in [9.17, 15) is 13.2 Å². The summed E-state index contributed by atoms with van der Waals surface area (Å²) < 4.78 is 27.4. The van der Waals surface area contributed by atoms with E-state index in [1.165, 1.54) is 16.4 Å². The van der Waals surface area contributed by atoms with Crippen molar-refractivity contribution in [3.63, 3.8) is 0 Å². The molecule has 5 rings (SSSR count). The number of aromatic nitrogens is 1. The van der Waals surface area contributed by atoms with Gasteiger partial charge < -0.3 is 9.80 Å². The standard InChI is InChI=1S/C24H25ClN4O3S/c25-19-7-9-20(10-8-19)33(31,32)29-15-13-28(14-16-29)24(30)21-17-18-5-1-2-6-22(18)26-23(21)27-11-3-4-12-27/h1-2,5-10,17H,3-4,11-16H2. The number of para-hydroxylation sites is 1. The monoisotopic (exact) mass is 484 g/mol. The van der Waals surface area contributed by atoms with Gasteiger partial charge in [0.05, 0.1) is 16.0 Å². The Labute approximate surface area is 198 Å². The minimum absolute atomic E-state index is 0.0984. The molecule has 0 aliphatic carbocycles. The molecule has 0 atom stereocenters. The van der Waals surface area contributed by atoms with Crippen LogP contribution in [0.4, 0.5) is 5.82 Å². The van der Waals surface area contributed by atoms with Crippen molar-refractivity contribution in [3.8, 4) is 0 Å². The van der Waals surface area contributed by atoms with Crippen LogP contribution < -0.4 is 4.90 Å². The molecule has 7 nitrogen and oxygen atoms in total. The Morgan fingerprint density at radius 2 is 1.55 bits per heavy atom. The number of halogens is 1. The third-order valence-corrected chi connectivity index (χ3v) is 8.48. The molecule has 3 aromatic rings. The molecule has 2 aliphatic heterocycles. The average molecular weight is 485 g/mol. The number of piperazine rings is 1. The molecule has 3 heterocycles. The van der Waals surface area contributed by atoms with Crippen LogP contribution in [0.3, 0.4) is 0 Å². The van der Waals surface area contributed by atoms with Gasteiger partial charge in [0.2, 0.25) is 10.0 Å². The zero-order valence-electron chi connectivity index (χ0n) is 18.2. The van der Waals surface area contributed by atoms with Crippen LogP contribution in [-0.4, -0.2) is 67.8 Å². The highest BCUT2D eigenvalue weighted by atomic mass is 35.5. The molecule has 0 radical (unpaired) electrons. The first-order valence-corrected chi connectivity index (χ1v) is 12.9. The number of hydrogen-bond acceptors (Lipinski definition) is 5. The Morgan fingerprint density at radius 1 is 0.879 bits per heavy atom. The van der Waals surface area contributed by atoms with E-state index >= 15 is 0 Å². The van der Waals surface area contributed by atoms with Crippen LogP contribution in [0, 0.1) is 0 Å². The predicted molar refractivity (Wildman–Crippen MR) is 129 cm³/mol. The molecular weight excluding hydrogens is 460 g/mol. The lowest BCUT2D eigenvalue weighted by Gasteiger charge is -2.34. The lowest BCUT2D eigenvalue weighted by atomic mass is 10.1. The molecule has 2 fully saturated rings. The van der Waals surface area contributed by atoms with Crippen molar-refractivity contribution in [2.24, 2.45) is 0 Å². The number of anilines is 1. The van der Waals surface area contributed by atoms with Gasteiger partial charge in [0, 0.05) is 49.7 Å². The molecule has 0 spiro atoms. The number of hydrogen-bond donors (Lipinski definition) is 0. The molecule has 33 heavy (non-hydrogen) atoms. The molecule has 1 amide bonds. The van der Waals surface area contributed by atoms with Gasteiger partial charge in [-0.25, -0.2) is 13.4 Å². The second-order valence-electron chi connectivity index (χ2n) is 8.40. The van der Waals surface area contributed by atoms with E-state index in [1.807, 2.05) is 30.3 Å². The van der Waals surface area contributed by atoms with Gasteiger partial charge >= 0.3 is 0 Å². The van der Waals surface area contributed by atoms with Gasteiger partial charge in [0.25, 0.3) is 5.91 Å². The first kappa shape index (κ1) is 22.1. The summed E-state index contributed by atoms with van der Waals surface area (Å²) in [7, 11) is -3.63. The fraction of sp³-hybridized carbons (Fsp3) is 0.333. The molecule has 0 bridgehead atoms. The number of amides is 1. The van der Waals surface area contributed by atoms with Gasteiger partial charge in [-0.1, -0.05) is 29.8 Å². The number of nitrogens with zero attached hydrogens (tertiary/aromatic N) is 4. The number of carbonyl (C=O) groups is 1. The normalized spacial score (nSPS) is 17.6. The lowest BCUT2D eigenvalue weighted by Crippen LogP contribution is -2.50. The Hall–Kier alpha value is -2.68. The zero-order valence-corrected chi connectivity index (χ0v) is 19.7. The van der Waals surface area contributed by atoms with Crippen LogP contribution in [0.2, 0.25) is 5.02 Å². The minimum Gasteiger partial charge on any atom is -0.356 e. The predicted octanol–water partition coefficient (Wildman–Crippen LogP) is 3.64. The van der Waals surface area contributed by atoms with Gasteiger partial charge in [-0.3, -0.25) is 4.79 Å². The molecule has 0 unspecified atom stereocenters. The molecule has 0 saturated carbocycles. The van der Waals surface area contributed by atoms with Crippen LogP contribution in [0.1, 0.15) is 23.2 Å². The van der Waals surface area contributed by atoms with E-state index in [1.54, 1.807) is 17.0 Å². The fourth-order valence-corrected chi connectivity index (χ4v) is 6.04. The smallest absolute Gasteiger partial charge is 0.257 e. The molecule has 2 saturated heterocycles. The van der Waals surface area contributed by atoms with Crippen molar-refractivity contribution in [3.05, 3.63) is 65.2 Å². The molecule has 1 aromatic heterocycles. The van der Waals surface area contributed by atoms with E-state index in [0.717, 1.165) is 42.7 Å². The van der Waals surface area contributed by atoms with Crippen molar-refractivity contribution >= 4 is 44.3 Å². The summed E-state index contributed by atoms with van der Waals surface area (Å²) in [6.07, 6.45) is 2.17. The average Bonchev–Trinajstić information content (AvgIpc) is 3.38. The third kappa shape index (κ3) is 4.30. The number of pyridine rings is 1. The maximum atomic E-state index is 13.6. The van der Waals surface area contributed by atoms with Gasteiger partial charge in [0.15, 0.2) is 0 Å². The maximum absolute atomic E-state index is 13.6. The van der Waals surface area contributed by atoms with E-state index in [0.29, 0.717) is 23.7 Å². The number of benzene rings is 2. The molecule has 0 N–H and O–H groups in total. The number of rotatable bonds is 4. The highest BCUT2D eigenvalue weighted by Gasteiger charge is 2.32. The number of fused-ring (bicyclic) bond motifs is 1. The summed E-state index contributed by atoms with van der Waals surface area (Å²) in [5.74, 6) is 0.631. The summed E-state index contributed by atoms with van der Waals surface area (Å²) in [6, 6.07) is 15.9. The van der Waals surface area contributed by atoms with Crippen molar-refractivity contribution in [1.82, 2.24) is 14.2 Å². The lowest BCUT2D eigenvalue weighted by molar-refractivity contribution is 0.0698. The van der Waals surface area contributed by atoms with Gasteiger partial charge in [-0.15, -0.1) is 0 Å². The van der Waals surface area contributed by atoms with Crippen LogP contribution in [0.5, 0.6) is 0 Å². The van der Waals surface area contributed by atoms with Crippen LogP contribution in [-0.2, 0) is 10.0 Å². The largest absolute Gasteiger partial charge is 0.356 e. The highest BCUT2D eigenvalue weighted by Crippen LogP contribution is 2.28. The van der Waals surface area contributed by atoms with Crippen molar-refractivity contribution in [2.45, 2.75) is 17.7 Å². The third-order valence-electron chi connectivity index (χ3n) is 6.32. The Kier molecular flexibility index (Phi) is 5.99. The summed E-state index contributed by atoms with van der Waals surface area (Å²) in [6.45, 7) is 2.93. The van der Waals surface area contributed by atoms with Crippen LogP contribution in [0.15, 0.2) is 59.5 Å². The molecule has 2 aromatic carbocycles. The van der Waals surface area contributed by atoms with E-state index in [4.69, 9.17) is 16.6 Å². The van der Waals surface area contributed by atoms with Crippen molar-refractivity contribution < 1.29 is 13.2 Å². The molecule has 9 heteroatoms. The van der Waals surface area contributed by atoms with Crippen molar-refractivity contribution in [2.75, 3.05) is 44.2 Å². The topological polar surface area (TPSA) is 73.8 Å². The molecule has 2 aliphatic rings. The van der Waals surface area contributed by atoms with Crippen LogP contribution >= 0.6 is 11.6 Å². The van der Waals surface area contributed by atoms with Gasteiger partial charge in [0.1, 0.15) is 5.82 Å². The second kappa shape index (κ2) is 8.93. The van der Waals surface area contributed by atoms with E-state index < -0.39 is 10.0 Å².